The highest BCUT2D eigenvalue weighted by Crippen LogP contribution is 2.25. The van der Waals surface area contributed by atoms with E-state index in [9.17, 15) is 13.5 Å². The molecular weight excluding hydrogens is 274 g/mol. The van der Waals surface area contributed by atoms with Crippen molar-refractivity contribution in [3.8, 4) is 0 Å². The lowest BCUT2D eigenvalue weighted by atomic mass is 10.0. The van der Waals surface area contributed by atoms with Crippen molar-refractivity contribution in [1.29, 1.82) is 0 Å². The van der Waals surface area contributed by atoms with Crippen LogP contribution < -0.4 is 4.72 Å². The predicted molar refractivity (Wildman–Crippen MR) is 81.5 cm³/mol. The van der Waals surface area contributed by atoms with Gasteiger partial charge >= 0.3 is 0 Å². The van der Waals surface area contributed by atoms with Crippen molar-refractivity contribution in [3.05, 3.63) is 28.3 Å². The lowest BCUT2D eigenvalue weighted by molar-refractivity contribution is 0.167. The minimum atomic E-state index is -3.59. The third-order valence-corrected chi connectivity index (χ3v) is 5.39. The van der Waals surface area contributed by atoms with Crippen LogP contribution in [0, 0.1) is 27.7 Å². The Morgan fingerprint density at radius 3 is 2.10 bits per heavy atom. The summed E-state index contributed by atoms with van der Waals surface area (Å²) >= 11 is 0. The first-order valence-corrected chi connectivity index (χ1v) is 8.44. The molecule has 1 aromatic carbocycles. The SMILES string of the molecule is CCCC(O)CNS(=O)(=O)c1c(C)c(C)cc(C)c1C. The lowest BCUT2D eigenvalue weighted by Crippen LogP contribution is -2.33. The molecule has 0 fully saturated rings. The average Bonchev–Trinajstić information content (AvgIpc) is 2.35. The number of aliphatic hydroxyl groups excluding tert-OH is 1. The molecule has 0 saturated heterocycles. The lowest BCUT2D eigenvalue weighted by Gasteiger charge is -2.17. The van der Waals surface area contributed by atoms with Crippen LogP contribution in [0.15, 0.2) is 11.0 Å². The largest absolute Gasteiger partial charge is 0.392 e. The number of hydrogen-bond donors (Lipinski definition) is 2. The van der Waals surface area contributed by atoms with Gasteiger partial charge in [0.25, 0.3) is 0 Å². The van der Waals surface area contributed by atoms with Crippen LogP contribution in [0.5, 0.6) is 0 Å². The van der Waals surface area contributed by atoms with Crippen molar-refractivity contribution in [2.45, 2.75) is 58.5 Å². The Morgan fingerprint density at radius 2 is 1.65 bits per heavy atom. The molecule has 0 aliphatic heterocycles. The van der Waals surface area contributed by atoms with Gasteiger partial charge in [0.2, 0.25) is 10.0 Å². The average molecular weight is 299 g/mol. The number of aliphatic hydroxyl groups is 1. The highest BCUT2D eigenvalue weighted by atomic mass is 32.2. The fraction of sp³-hybridized carbons (Fsp3) is 0.600. The molecule has 1 aromatic rings. The van der Waals surface area contributed by atoms with E-state index in [0.29, 0.717) is 11.3 Å². The van der Waals surface area contributed by atoms with E-state index in [-0.39, 0.29) is 6.54 Å². The maximum Gasteiger partial charge on any atom is 0.241 e. The highest BCUT2D eigenvalue weighted by molar-refractivity contribution is 7.89. The van der Waals surface area contributed by atoms with Crippen molar-refractivity contribution in [3.63, 3.8) is 0 Å². The zero-order valence-corrected chi connectivity index (χ0v) is 13.8. The first-order chi connectivity index (χ1) is 9.20. The van der Waals surface area contributed by atoms with Crippen LogP contribution in [0.25, 0.3) is 0 Å². The summed E-state index contributed by atoms with van der Waals surface area (Å²) in [4.78, 5) is 0.346. The van der Waals surface area contributed by atoms with Crippen molar-refractivity contribution in [1.82, 2.24) is 4.72 Å². The van der Waals surface area contributed by atoms with Crippen molar-refractivity contribution >= 4 is 10.0 Å². The first kappa shape index (κ1) is 17.1. The molecule has 5 heteroatoms. The molecule has 0 aliphatic carbocycles. The Bertz CT molecular complexity index is 553. The van der Waals surface area contributed by atoms with Gasteiger partial charge in [-0.15, -0.1) is 0 Å². The zero-order chi connectivity index (χ0) is 15.5. The van der Waals surface area contributed by atoms with Gasteiger partial charge in [-0.1, -0.05) is 19.4 Å². The van der Waals surface area contributed by atoms with Crippen molar-refractivity contribution < 1.29 is 13.5 Å². The zero-order valence-electron chi connectivity index (χ0n) is 12.9. The van der Waals surface area contributed by atoms with Crippen LogP contribution in [0.4, 0.5) is 0 Å². The number of hydrogen-bond acceptors (Lipinski definition) is 3. The number of sulfonamides is 1. The maximum absolute atomic E-state index is 12.5. The van der Waals surface area contributed by atoms with Gasteiger partial charge in [0, 0.05) is 6.54 Å². The number of aryl methyl sites for hydroxylation is 2. The van der Waals surface area contributed by atoms with E-state index in [4.69, 9.17) is 0 Å². The summed E-state index contributed by atoms with van der Waals surface area (Å²) in [5.41, 5.74) is 3.46. The normalized spacial score (nSPS) is 13.5. The quantitative estimate of drug-likeness (QED) is 0.847. The molecule has 0 aromatic heterocycles. The molecule has 0 spiro atoms. The Morgan fingerprint density at radius 1 is 1.15 bits per heavy atom. The van der Waals surface area contributed by atoms with E-state index >= 15 is 0 Å². The van der Waals surface area contributed by atoms with Gasteiger partial charge in [-0.25, -0.2) is 13.1 Å². The van der Waals surface area contributed by atoms with Gasteiger partial charge in [-0.3, -0.25) is 0 Å². The second kappa shape index (κ2) is 6.70. The molecule has 20 heavy (non-hydrogen) atoms. The van der Waals surface area contributed by atoms with Crippen LogP contribution >= 0.6 is 0 Å². The minimum Gasteiger partial charge on any atom is -0.392 e. The van der Waals surface area contributed by atoms with E-state index in [2.05, 4.69) is 4.72 Å². The molecule has 0 radical (unpaired) electrons. The summed E-state index contributed by atoms with van der Waals surface area (Å²) in [6, 6.07) is 2.00. The van der Waals surface area contributed by atoms with Gasteiger partial charge in [0.1, 0.15) is 0 Å². The van der Waals surface area contributed by atoms with E-state index in [0.717, 1.165) is 28.7 Å². The number of nitrogens with one attached hydrogen (secondary N) is 1. The van der Waals surface area contributed by atoms with Crippen LogP contribution in [0.3, 0.4) is 0 Å². The first-order valence-electron chi connectivity index (χ1n) is 6.95. The molecule has 4 nitrogen and oxygen atoms in total. The Kier molecular flexibility index (Phi) is 5.74. The van der Waals surface area contributed by atoms with Crippen LogP contribution in [0.2, 0.25) is 0 Å². The van der Waals surface area contributed by atoms with Gasteiger partial charge < -0.3 is 5.11 Å². The number of rotatable bonds is 6. The summed E-state index contributed by atoms with van der Waals surface area (Å²) in [5, 5.41) is 9.68. The third-order valence-electron chi connectivity index (χ3n) is 3.70. The molecule has 0 bridgehead atoms. The summed E-state index contributed by atoms with van der Waals surface area (Å²) in [6.07, 6.45) is 0.777. The molecule has 1 unspecified atom stereocenters. The molecule has 0 heterocycles. The van der Waals surface area contributed by atoms with E-state index < -0.39 is 16.1 Å². The highest BCUT2D eigenvalue weighted by Gasteiger charge is 2.22. The second-order valence-corrected chi connectivity index (χ2v) is 7.09. The topological polar surface area (TPSA) is 66.4 Å². The van der Waals surface area contributed by atoms with Gasteiger partial charge in [-0.05, 0) is 56.4 Å². The van der Waals surface area contributed by atoms with Crippen LogP contribution in [0.1, 0.15) is 42.0 Å². The molecule has 2 N–H and O–H groups in total. The van der Waals surface area contributed by atoms with Gasteiger partial charge in [0.15, 0.2) is 0 Å². The molecular formula is C15H25NO3S. The van der Waals surface area contributed by atoms with Gasteiger partial charge in [-0.2, -0.15) is 0 Å². The molecule has 114 valence electrons. The van der Waals surface area contributed by atoms with Crippen molar-refractivity contribution in [2.24, 2.45) is 0 Å². The monoisotopic (exact) mass is 299 g/mol. The smallest absolute Gasteiger partial charge is 0.241 e. The van der Waals surface area contributed by atoms with E-state index in [1.54, 1.807) is 0 Å². The molecule has 1 atom stereocenters. The Hall–Kier alpha value is -0.910. The second-order valence-electron chi connectivity index (χ2n) is 5.38. The standard InChI is InChI=1S/C15H25NO3S/c1-6-7-14(17)9-16-20(18,19)15-12(4)10(2)8-11(3)13(15)5/h8,14,16-17H,6-7,9H2,1-5H3. The summed E-state index contributed by atoms with van der Waals surface area (Å²) < 4.78 is 27.4. The van der Waals surface area contributed by atoms with Gasteiger partial charge in [0.05, 0.1) is 11.0 Å². The van der Waals surface area contributed by atoms with E-state index in [1.165, 1.54) is 0 Å². The summed E-state index contributed by atoms with van der Waals surface area (Å²) in [6.45, 7) is 9.47. The molecule has 0 saturated carbocycles. The molecule has 0 amide bonds. The van der Waals surface area contributed by atoms with Crippen molar-refractivity contribution in [2.75, 3.05) is 6.54 Å². The molecule has 1 rings (SSSR count). The third kappa shape index (κ3) is 3.81. The fourth-order valence-corrected chi connectivity index (χ4v) is 3.98. The summed E-state index contributed by atoms with van der Waals surface area (Å²) in [7, 11) is -3.59. The predicted octanol–water partition coefficient (Wildman–Crippen LogP) is 2.36. The Labute approximate surface area is 122 Å². The molecule has 0 aliphatic rings. The van der Waals surface area contributed by atoms with Crippen LogP contribution in [-0.2, 0) is 10.0 Å². The van der Waals surface area contributed by atoms with Crippen LogP contribution in [-0.4, -0.2) is 26.2 Å². The Balaban J connectivity index is 3.10. The number of benzene rings is 1. The summed E-state index contributed by atoms with van der Waals surface area (Å²) in [5.74, 6) is 0. The van der Waals surface area contributed by atoms with E-state index in [1.807, 2.05) is 40.7 Å². The minimum absolute atomic E-state index is 0.0576. The fourth-order valence-electron chi connectivity index (χ4n) is 2.30. The maximum atomic E-state index is 12.5.